The molecule has 1 aromatic carbocycles. The van der Waals surface area contributed by atoms with Crippen molar-refractivity contribution in [3.05, 3.63) is 35.0 Å². The second-order valence-corrected chi connectivity index (χ2v) is 8.49. The Morgan fingerprint density at radius 1 is 1.22 bits per heavy atom. The highest BCUT2D eigenvalue weighted by molar-refractivity contribution is 5.86. The van der Waals surface area contributed by atoms with Crippen LogP contribution < -0.4 is 0 Å². The number of nitrogens with one attached hydrogen (secondary N) is 1. The van der Waals surface area contributed by atoms with Crippen LogP contribution in [-0.2, 0) is 0 Å². The molecule has 0 bridgehead atoms. The Bertz CT molecular complexity index is 946. The Kier molecular flexibility index (Phi) is 4.58. The molecule has 0 amide bonds. The molecule has 1 aliphatic carbocycles. The van der Waals surface area contributed by atoms with Crippen molar-refractivity contribution in [1.82, 2.24) is 15.1 Å². The van der Waals surface area contributed by atoms with E-state index in [0.29, 0.717) is 11.8 Å². The van der Waals surface area contributed by atoms with Crippen molar-refractivity contribution in [2.75, 3.05) is 6.61 Å². The van der Waals surface area contributed by atoms with E-state index in [1.807, 2.05) is 13.8 Å². The van der Waals surface area contributed by atoms with Gasteiger partial charge in [-0.25, -0.2) is 4.98 Å². The van der Waals surface area contributed by atoms with Crippen LogP contribution in [0.1, 0.15) is 68.3 Å². The summed E-state index contributed by atoms with van der Waals surface area (Å²) >= 11 is 0. The first kappa shape index (κ1) is 18.2. The van der Waals surface area contributed by atoms with E-state index in [1.165, 1.54) is 18.4 Å². The average molecular weight is 367 g/mol. The van der Waals surface area contributed by atoms with E-state index in [4.69, 9.17) is 9.51 Å². The summed E-state index contributed by atoms with van der Waals surface area (Å²) < 4.78 is 5.42. The fraction of sp³-hybridized carbons (Fsp3) is 0.545. The quantitative estimate of drug-likeness (QED) is 0.637. The van der Waals surface area contributed by atoms with Gasteiger partial charge in [-0.05, 0) is 67.7 Å². The molecule has 2 N–H and O–H groups in total. The van der Waals surface area contributed by atoms with Gasteiger partial charge >= 0.3 is 0 Å². The molecule has 1 fully saturated rings. The Hall–Kier alpha value is -2.14. The summed E-state index contributed by atoms with van der Waals surface area (Å²) in [4.78, 5) is 8.55. The molecule has 2 unspecified atom stereocenters. The van der Waals surface area contributed by atoms with Crippen molar-refractivity contribution < 1.29 is 9.63 Å². The molecule has 5 heteroatoms. The van der Waals surface area contributed by atoms with E-state index in [2.05, 4.69) is 43.0 Å². The van der Waals surface area contributed by atoms with Gasteiger partial charge in [-0.2, -0.15) is 0 Å². The number of fused-ring (bicyclic) bond motifs is 1. The smallest absolute Gasteiger partial charge is 0.141 e. The number of rotatable bonds is 6. The van der Waals surface area contributed by atoms with E-state index < -0.39 is 0 Å². The normalized spacial score (nSPS) is 17.0. The molecule has 5 nitrogen and oxygen atoms in total. The Morgan fingerprint density at radius 2 is 1.96 bits per heavy atom. The monoisotopic (exact) mass is 367 g/mol. The molecule has 0 radical (unpaired) electrons. The van der Waals surface area contributed by atoms with Gasteiger partial charge in [0.2, 0.25) is 0 Å². The van der Waals surface area contributed by atoms with Crippen molar-refractivity contribution in [2.24, 2.45) is 11.8 Å². The maximum Gasteiger partial charge on any atom is 0.141 e. The van der Waals surface area contributed by atoms with Crippen LogP contribution in [0.3, 0.4) is 0 Å². The lowest BCUT2D eigenvalue weighted by atomic mass is 9.78. The van der Waals surface area contributed by atoms with Crippen LogP contribution in [0.25, 0.3) is 22.2 Å². The summed E-state index contributed by atoms with van der Waals surface area (Å²) in [5, 5.41) is 14.0. The van der Waals surface area contributed by atoms with Gasteiger partial charge in [-0.1, -0.05) is 25.9 Å². The van der Waals surface area contributed by atoms with E-state index in [-0.39, 0.29) is 18.4 Å². The largest absolute Gasteiger partial charge is 0.396 e. The van der Waals surface area contributed by atoms with E-state index in [9.17, 15) is 5.11 Å². The predicted octanol–water partition coefficient (Wildman–Crippen LogP) is 5.08. The number of hydrogen-bond acceptors (Lipinski definition) is 4. The fourth-order valence-corrected chi connectivity index (χ4v) is 4.44. The topological polar surface area (TPSA) is 74.9 Å². The van der Waals surface area contributed by atoms with Crippen molar-refractivity contribution in [1.29, 1.82) is 0 Å². The lowest BCUT2D eigenvalue weighted by molar-refractivity contribution is 0.197. The minimum absolute atomic E-state index is 0.161. The molecule has 0 spiro atoms. The van der Waals surface area contributed by atoms with Gasteiger partial charge in [0.25, 0.3) is 0 Å². The molecule has 1 aliphatic rings. The highest BCUT2D eigenvalue weighted by atomic mass is 16.5. The Morgan fingerprint density at radius 3 is 2.52 bits per heavy atom. The lowest BCUT2D eigenvalue weighted by Crippen LogP contribution is -2.19. The number of aryl methyl sites for hydroxylation is 2. The average Bonchev–Trinajstić information content (AvgIpc) is 3.30. The summed E-state index contributed by atoms with van der Waals surface area (Å²) in [5.74, 6) is 3.29. The number of H-pyrrole nitrogens is 1. The number of imidazole rings is 1. The van der Waals surface area contributed by atoms with Crippen molar-refractivity contribution >= 4 is 11.0 Å². The maximum atomic E-state index is 9.88. The summed E-state index contributed by atoms with van der Waals surface area (Å²) in [5.41, 5.74) is 6.39. The van der Waals surface area contributed by atoms with Gasteiger partial charge in [-0.15, -0.1) is 0 Å². The molecule has 0 saturated heterocycles. The molecule has 144 valence electrons. The fourth-order valence-electron chi connectivity index (χ4n) is 4.44. The summed E-state index contributed by atoms with van der Waals surface area (Å²) in [6.07, 6.45) is 2.43. The standard InChI is InChI=1S/C22H29N3O2/c1-11(2)19(12(3)10-26)17-8-16(20-13(4)25-27-14(20)5)9-18-21(17)24-22(23-18)15-6-7-15/h8-9,11-12,15,19,26H,6-7,10H2,1-5H3,(H,23,24). The molecule has 2 heterocycles. The molecule has 3 aromatic rings. The predicted molar refractivity (Wildman–Crippen MR) is 107 cm³/mol. The second kappa shape index (κ2) is 6.79. The molecular weight excluding hydrogens is 338 g/mol. The molecule has 27 heavy (non-hydrogen) atoms. The van der Waals surface area contributed by atoms with Crippen LogP contribution in [0, 0.1) is 25.7 Å². The SMILES string of the molecule is Cc1noc(C)c1-c1cc(C(C(C)C)C(C)CO)c2nc(C3CC3)[nH]c2c1. The number of benzene rings is 1. The molecule has 2 aromatic heterocycles. The number of hydrogen-bond donors (Lipinski definition) is 2. The van der Waals surface area contributed by atoms with Crippen LogP contribution >= 0.6 is 0 Å². The van der Waals surface area contributed by atoms with Gasteiger partial charge in [0.05, 0.1) is 16.7 Å². The number of aliphatic hydroxyl groups is 1. The van der Waals surface area contributed by atoms with Crippen molar-refractivity contribution in [2.45, 2.75) is 59.3 Å². The Balaban J connectivity index is 1.96. The molecule has 1 saturated carbocycles. The van der Waals surface area contributed by atoms with Crippen molar-refractivity contribution in [3.63, 3.8) is 0 Å². The first-order valence-corrected chi connectivity index (χ1v) is 9.98. The number of aromatic amines is 1. The van der Waals surface area contributed by atoms with E-state index in [1.54, 1.807) is 0 Å². The molecule has 0 aliphatic heterocycles. The van der Waals surface area contributed by atoms with E-state index >= 15 is 0 Å². The highest BCUT2D eigenvalue weighted by Crippen LogP contribution is 2.43. The van der Waals surface area contributed by atoms with Crippen LogP contribution in [0.5, 0.6) is 0 Å². The van der Waals surface area contributed by atoms with Gasteiger partial charge in [0.15, 0.2) is 0 Å². The third kappa shape index (κ3) is 3.18. The van der Waals surface area contributed by atoms with Gasteiger partial charge in [0.1, 0.15) is 11.6 Å². The molecule has 2 atom stereocenters. The van der Waals surface area contributed by atoms with Gasteiger partial charge < -0.3 is 14.6 Å². The minimum atomic E-state index is 0.161. The highest BCUT2D eigenvalue weighted by Gasteiger charge is 2.30. The summed E-state index contributed by atoms with van der Waals surface area (Å²) in [6, 6.07) is 4.41. The zero-order chi connectivity index (χ0) is 19.3. The number of aliphatic hydroxyl groups excluding tert-OH is 1. The van der Waals surface area contributed by atoms with Gasteiger partial charge in [-0.3, -0.25) is 0 Å². The summed E-state index contributed by atoms with van der Waals surface area (Å²) in [7, 11) is 0. The summed E-state index contributed by atoms with van der Waals surface area (Å²) in [6.45, 7) is 10.7. The molecule has 4 rings (SSSR count). The zero-order valence-corrected chi connectivity index (χ0v) is 16.8. The number of aromatic nitrogens is 3. The third-order valence-electron chi connectivity index (χ3n) is 5.90. The minimum Gasteiger partial charge on any atom is -0.396 e. The lowest BCUT2D eigenvalue weighted by Gasteiger charge is -2.27. The van der Waals surface area contributed by atoms with Crippen LogP contribution in [-0.4, -0.2) is 26.8 Å². The zero-order valence-electron chi connectivity index (χ0n) is 16.8. The van der Waals surface area contributed by atoms with Crippen LogP contribution in [0.15, 0.2) is 16.7 Å². The maximum absolute atomic E-state index is 9.88. The van der Waals surface area contributed by atoms with Gasteiger partial charge in [0, 0.05) is 18.1 Å². The number of nitrogens with zero attached hydrogens (tertiary/aromatic N) is 2. The first-order chi connectivity index (χ1) is 12.9. The first-order valence-electron chi connectivity index (χ1n) is 9.98. The molecular formula is C22H29N3O2. The van der Waals surface area contributed by atoms with Crippen LogP contribution in [0.2, 0.25) is 0 Å². The van der Waals surface area contributed by atoms with Crippen molar-refractivity contribution in [3.8, 4) is 11.1 Å². The second-order valence-electron chi connectivity index (χ2n) is 8.49. The van der Waals surface area contributed by atoms with Crippen LogP contribution in [0.4, 0.5) is 0 Å². The van der Waals surface area contributed by atoms with E-state index in [0.717, 1.165) is 39.4 Å². The Labute approximate surface area is 160 Å². The third-order valence-corrected chi connectivity index (χ3v) is 5.90.